The molecule has 3 aromatic rings. The number of hydrogen-bond acceptors (Lipinski definition) is 4. The second-order valence-electron chi connectivity index (χ2n) is 6.28. The van der Waals surface area contributed by atoms with Gasteiger partial charge in [-0.05, 0) is 29.8 Å². The van der Waals surface area contributed by atoms with Gasteiger partial charge in [0.15, 0.2) is 0 Å². The molecule has 0 bridgehead atoms. The Kier molecular flexibility index (Phi) is 6.62. The molecule has 148 valence electrons. The SMILES string of the molecule is CN(Cc1nccn1C(F)F)C(=O)c1ccccc1SCc1ccc(C#N)cc1. The lowest BCUT2D eigenvalue weighted by molar-refractivity contribution is 0.0611. The Balaban J connectivity index is 1.72. The van der Waals surface area contributed by atoms with Gasteiger partial charge < -0.3 is 4.90 Å². The molecule has 8 heteroatoms. The molecule has 0 atom stereocenters. The molecule has 0 fully saturated rings. The maximum atomic E-state index is 13.0. The second kappa shape index (κ2) is 9.34. The van der Waals surface area contributed by atoms with Gasteiger partial charge in [0, 0.05) is 30.1 Å². The van der Waals surface area contributed by atoms with Crippen LogP contribution in [0, 0.1) is 11.3 Å². The van der Waals surface area contributed by atoms with E-state index >= 15 is 0 Å². The van der Waals surface area contributed by atoms with Crippen molar-refractivity contribution in [3.63, 3.8) is 0 Å². The summed E-state index contributed by atoms with van der Waals surface area (Å²) in [6, 6.07) is 16.6. The van der Waals surface area contributed by atoms with E-state index < -0.39 is 6.55 Å². The number of nitriles is 1. The van der Waals surface area contributed by atoms with Gasteiger partial charge in [0.1, 0.15) is 5.82 Å². The number of amides is 1. The van der Waals surface area contributed by atoms with Crippen LogP contribution in [0.2, 0.25) is 0 Å². The van der Waals surface area contributed by atoms with E-state index in [1.165, 1.54) is 29.1 Å². The van der Waals surface area contributed by atoms with E-state index in [1.54, 1.807) is 31.3 Å². The van der Waals surface area contributed by atoms with Crippen molar-refractivity contribution < 1.29 is 13.6 Å². The third kappa shape index (κ3) is 5.00. The van der Waals surface area contributed by atoms with Crippen LogP contribution >= 0.6 is 11.8 Å². The quantitative estimate of drug-likeness (QED) is 0.527. The Morgan fingerprint density at radius 2 is 1.97 bits per heavy atom. The molecule has 0 saturated heterocycles. The number of benzene rings is 2. The molecule has 0 N–H and O–H groups in total. The molecule has 29 heavy (non-hydrogen) atoms. The molecule has 3 rings (SSSR count). The highest BCUT2D eigenvalue weighted by Gasteiger charge is 2.19. The highest BCUT2D eigenvalue weighted by Crippen LogP contribution is 2.27. The smallest absolute Gasteiger partial charge is 0.319 e. The molecule has 0 aliphatic rings. The summed E-state index contributed by atoms with van der Waals surface area (Å²) in [5, 5.41) is 8.88. The fourth-order valence-electron chi connectivity index (χ4n) is 2.74. The number of rotatable bonds is 7. The van der Waals surface area contributed by atoms with Gasteiger partial charge in [-0.2, -0.15) is 14.0 Å². The number of carbonyl (C=O) groups is 1. The van der Waals surface area contributed by atoms with Crippen LogP contribution in [0.25, 0.3) is 0 Å². The van der Waals surface area contributed by atoms with Crippen molar-refractivity contribution in [2.75, 3.05) is 7.05 Å². The molecule has 5 nitrogen and oxygen atoms in total. The van der Waals surface area contributed by atoms with E-state index in [4.69, 9.17) is 5.26 Å². The van der Waals surface area contributed by atoms with Crippen LogP contribution in [0.3, 0.4) is 0 Å². The zero-order chi connectivity index (χ0) is 20.8. The first kappa shape index (κ1) is 20.6. The molecule has 1 aromatic heterocycles. The average Bonchev–Trinajstić information content (AvgIpc) is 3.20. The van der Waals surface area contributed by atoms with Gasteiger partial charge in [-0.25, -0.2) is 4.98 Å². The van der Waals surface area contributed by atoms with Crippen LogP contribution in [0.4, 0.5) is 8.78 Å². The minimum absolute atomic E-state index is 0.0230. The summed E-state index contributed by atoms with van der Waals surface area (Å²) in [5.41, 5.74) is 2.13. The number of thioether (sulfide) groups is 1. The minimum Gasteiger partial charge on any atom is -0.334 e. The highest BCUT2D eigenvalue weighted by atomic mass is 32.2. The fourth-order valence-corrected chi connectivity index (χ4v) is 3.74. The number of halogens is 2. The van der Waals surface area contributed by atoms with E-state index in [9.17, 15) is 13.6 Å². The molecule has 1 amide bonds. The molecule has 0 aliphatic heterocycles. The summed E-state index contributed by atoms with van der Waals surface area (Å²) in [5.74, 6) is 0.491. The number of hydrogen-bond donors (Lipinski definition) is 0. The summed E-state index contributed by atoms with van der Waals surface area (Å²) < 4.78 is 26.8. The Bertz CT molecular complexity index is 1030. The Labute approximate surface area is 171 Å². The molecule has 0 spiro atoms. The van der Waals surface area contributed by atoms with E-state index in [0.29, 0.717) is 16.9 Å². The normalized spacial score (nSPS) is 10.7. The van der Waals surface area contributed by atoms with Crippen LogP contribution < -0.4 is 0 Å². The van der Waals surface area contributed by atoms with E-state index in [0.717, 1.165) is 15.0 Å². The van der Waals surface area contributed by atoms with E-state index in [1.807, 2.05) is 24.3 Å². The molecular formula is C21H18F2N4OS. The van der Waals surface area contributed by atoms with Crippen molar-refractivity contribution >= 4 is 17.7 Å². The van der Waals surface area contributed by atoms with Gasteiger partial charge in [-0.1, -0.05) is 24.3 Å². The molecule has 0 aliphatic carbocycles. The first-order valence-electron chi connectivity index (χ1n) is 8.75. The molecule has 0 unspecified atom stereocenters. The zero-order valence-corrected chi connectivity index (χ0v) is 16.4. The summed E-state index contributed by atoms with van der Waals surface area (Å²) in [4.78, 5) is 19.0. The number of imidazole rings is 1. The van der Waals surface area contributed by atoms with Crippen molar-refractivity contribution in [3.05, 3.63) is 83.4 Å². The predicted octanol–water partition coefficient (Wildman–Crippen LogP) is 4.71. The molecule has 1 heterocycles. The second-order valence-corrected chi connectivity index (χ2v) is 7.30. The van der Waals surface area contributed by atoms with Gasteiger partial charge in [0.25, 0.3) is 5.91 Å². The molecule has 2 aromatic carbocycles. The zero-order valence-electron chi connectivity index (χ0n) is 15.6. The fraction of sp³-hybridized carbons (Fsp3) is 0.190. The van der Waals surface area contributed by atoms with Crippen LogP contribution in [-0.2, 0) is 12.3 Å². The van der Waals surface area contributed by atoms with E-state index in [-0.39, 0.29) is 18.3 Å². The molecular weight excluding hydrogens is 394 g/mol. The lowest BCUT2D eigenvalue weighted by Gasteiger charge is -2.19. The summed E-state index contributed by atoms with van der Waals surface area (Å²) in [6.07, 6.45) is 2.49. The number of alkyl halides is 2. The Hall–Kier alpha value is -3.18. The maximum absolute atomic E-state index is 13.0. The van der Waals surface area contributed by atoms with Gasteiger partial charge in [-0.3, -0.25) is 9.36 Å². The number of carbonyl (C=O) groups excluding carboxylic acids is 1. The van der Waals surface area contributed by atoms with Crippen molar-refractivity contribution in [2.24, 2.45) is 0 Å². The summed E-state index contributed by atoms with van der Waals surface area (Å²) >= 11 is 1.50. The lowest BCUT2D eigenvalue weighted by atomic mass is 10.2. The third-order valence-corrected chi connectivity index (χ3v) is 5.42. The Morgan fingerprint density at radius 1 is 1.24 bits per heavy atom. The van der Waals surface area contributed by atoms with Crippen LogP contribution in [0.5, 0.6) is 0 Å². The third-order valence-electron chi connectivity index (χ3n) is 4.28. The average molecular weight is 412 g/mol. The number of nitrogens with zero attached hydrogens (tertiary/aromatic N) is 4. The van der Waals surface area contributed by atoms with E-state index in [2.05, 4.69) is 11.1 Å². The standard InChI is InChI=1S/C21H18F2N4OS/c1-26(13-19-25-10-11-27(19)21(22)23)20(28)17-4-2-3-5-18(17)29-14-16-8-6-15(12-24)7-9-16/h2-11,21H,13-14H2,1H3. The van der Waals surface area contributed by atoms with Crippen molar-refractivity contribution in [1.29, 1.82) is 5.26 Å². The first-order chi connectivity index (χ1) is 14.0. The predicted molar refractivity (Wildman–Crippen MR) is 106 cm³/mol. The van der Waals surface area contributed by atoms with Crippen LogP contribution in [-0.4, -0.2) is 27.4 Å². The summed E-state index contributed by atoms with van der Waals surface area (Å²) in [7, 11) is 1.56. The number of aromatic nitrogens is 2. The van der Waals surface area contributed by atoms with Gasteiger partial charge in [-0.15, -0.1) is 11.8 Å². The lowest BCUT2D eigenvalue weighted by Crippen LogP contribution is -2.28. The monoisotopic (exact) mass is 412 g/mol. The van der Waals surface area contributed by atoms with Crippen LogP contribution in [0.15, 0.2) is 65.8 Å². The van der Waals surface area contributed by atoms with Gasteiger partial charge in [0.2, 0.25) is 0 Å². The first-order valence-corrected chi connectivity index (χ1v) is 9.74. The van der Waals surface area contributed by atoms with Gasteiger partial charge >= 0.3 is 6.55 Å². The highest BCUT2D eigenvalue weighted by molar-refractivity contribution is 7.98. The maximum Gasteiger partial charge on any atom is 0.319 e. The molecule has 0 saturated carbocycles. The van der Waals surface area contributed by atoms with Crippen molar-refractivity contribution in [1.82, 2.24) is 14.5 Å². The molecule has 0 radical (unpaired) electrons. The van der Waals surface area contributed by atoms with Gasteiger partial charge in [0.05, 0.1) is 23.7 Å². The van der Waals surface area contributed by atoms with Crippen molar-refractivity contribution in [2.45, 2.75) is 23.7 Å². The minimum atomic E-state index is -2.70. The largest absolute Gasteiger partial charge is 0.334 e. The summed E-state index contributed by atoms with van der Waals surface area (Å²) in [6.45, 7) is -2.73. The topological polar surface area (TPSA) is 61.9 Å². The van der Waals surface area contributed by atoms with Crippen LogP contribution in [0.1, 0.15) is 33.9 Å². The van der Waals surface area contributed by atoms with Crippen molar-refractivity contribution in [3.8, 4) is 6.07 Å². The Morgan fingerprint density at radius 3 is 2.66 bits per heavy atom.